The van der Waals surface area contributed by atoms with Crippen molar-refractivity contribution in [3.8, 4) is 0 Å². The van der Waals surface area contributed by atoms with E-state index in [1.54, 1.807) is 5.56 Å². The standard InChI is InChI=1S/C19H31N/c1-3-11-18(20-16-4-2)19(14-9-6-10-15-19)17-12-7-5-8-13-17/h5,7-8,12-13,18,20H,3-4,6,9-11,14-16H2,1-2H3. The highest BCUT2D eigenvalue weighted by molar-refractivity contribution is 5.28. The molecule has 0 aromatic heterocycles. The lowest BCUT2D eigenvalue weighted by Crippen LogP contribution is -2.50. The number of benzene rings is 1. The maximum Gasteiger partial charge on any atom is 0.0164 e. The van der Waals surface area contributed by atoms with Crippen LogP contribution in [-0.2, 0) is 5.41 Å². The molecule has 1 heteroatoms. The lowest BCUT2D eigenvalue weighted by atomic mass is 9.64. The van der Waals surface area contributed by atoms with Crippen LogP contribution in [0.25, 0.3) is 0 Å². The van der Waals surface area contributed by atoms with E-state index in [9.17, 15) is 0 Å². The lowest BCUT2D eigenvalue weighted by molar-refractivity contribution is 0.202. The monoisotopic (exact) mass is 273 g/mol. The second kappa shape index (κ2) is 7.83. The van der Waals surface area contributed by atoms with E-state index in [0.717, 1.165) is 6.54 Å². The van der Waals surface area contributed by atoms with Gasteiger partial charge in [0.25, 0.3) is 0 Å². The van der Waals surface area contributed by atoms with Gasteiger partial charge in [-0.15, -0.1) is 0 Å². The highest BCUT2D eigenvalue weighted by Crippen LogP contribution is 2.43. The average Bonchev–Trinajstić information content (AvgIpc) is 2.53. The molecule has 0 spiro atoms. The minimum absolute atomic E-state index is 0.380. The van der Waals surface area contributed by atoms with Crippen LogP contribution >= 0.6 is 0 Å². The van der Waals surface area contributed by atoms with Crippen LogP contribution in [0.3, 0.4) is 0 Å². The number of hydrogen-bond donors (Lipinski definition) is 1. The van der Waals surface area contributed by atoms with E-state index >= 15 is 0 Å². The van der Waals surface area contributed by atoms with Crippen molar-refractivity contribution >= 4 is 0 Å². The van der Waals surface area contributed by atoms with Crippen LogP contribution in [0.4, 0.5) is 0 Å². The molecule has 20 heavy (non-hydrogen) atoms. The van der Waals surface area contributed by atoms with Gasteiger partial charge in [-0.3, -0.25) is 0 Å². The van der Waals surface area contributed by atoms with Gasteiger partial charge in [-0.1, -0.05) is 69.9 Å². The molecule has 1 aliphatic rings. The summed E-state index contributed by atoms with van der Waals surface area (Å²) in [7, 11) is 0. The third kappa shape index (κ3) is 3.44. The zero-order valence-electron chi connectivity index (χ0n) is 13.3. The second-order valence-corrected chi connectivity index (χ2v) is 6.38. The molecule has 1 atom stereocenters. The Hall–Kier alpha value is -0.820. The summed E-state index contributed by atoms with van der Waals surface area (Å²) < 4.78 is 0. The molecule has 112 valence electrons. The Morgan fingerprint density at radius 2 is 1.70 bits per heavy atom. The van der Waals surface area contributed by atoms with Gasteiger partial charge in [-0.05, 0) is 37.8 Å². The molecule has 1 aliphatic carbocycles. The predicted octanol–water partition coefficient (Wildman–Crippen LogP) is 5.06. The van der Waals surface area contributed by atoms with Gasteiger partial charge in [0.15, 0.2) is 0 Å². The van der Waals surface area contributed by atoms with Crippen molar-refractivity contribution in [3.05, 3.63) is 35.9 Å². The first kappa shape index (κ1) is 15.6. The molecule has 1 nitrogen and oxygen atoms in total. The van der Waals surface area contributed by atoms with Gasteiger partial charge in [-0.25, -0.2) is 0 Å². The Balaban J connectivity index is 2.28. The molecule has 0 aliphatic heterocycles. The van der Waals surface area contributed by atoms with Crippen molar-refractivity contribution in [3.63, 3.8) is 0 Å². The van der Waals surface area contributed by atoms with Gasteiger partial charge in [0.1, 0.15) is 0 Å². The SMILES string of the molecule is CCCNC(CCC)C1(c2ccccc2)CCCCC1. The summed E-state index contributed by atoms with van der Waals surface area (Å²) in [5.74, 6) is 0. The number of nitrogens with one attached hydrogen (secondary N) is 1. The topological polar surface area (TPSA) is 12.0 Å². The average molecular weight is 273 g/mol. The maximum atomic E-state index is 3.88. The van der Waals surface area contributed by atoms with E-state index in [1.165, 1.54) is 51.4 Å². The molecule has 0 heterocycles. The smallest absolute Gasteiger partial charge is 0.0164 e. The molecule has 1 saturated carbocycles. The molecule has 1 fully saturated rings. The summed E-state index contributed by atoms with van der Waals surface area (Å²) in [5, 5.41) is 3.88. The molecule has 0 radical (unpaired) electrons. The van der Waals surface area contributed by atoms with Crippen molar-refractivity contribution in [1.82, 2.24) is 5.32 Å². The van der Waals surface area contributed by atoms with E-state index in [4.69, 9.17) is 0 Å². The van der Waals surface area contributed by atoms with Crippen LogP contribution in [0, 0.1) is 0 Å². The quantitative estimate of drug-likeness (QED) is 0.732. The molecule has 0 amide bonds. The van der Waals surface area contributed by atoms with Crippen LogP contribution < -0.4 is 5.32 Å². The molecular formula is C19H31N. The van der Waals surface area contributed by atoms with E-state index in [2.05, 4.69) is 49.5 Å². The Morgan fingerprint density at radius 3 is 2.30 bits per heavy atom. The Bertz CT molecular complexity index is 365. The largest absolute Gasteiger partial charge is 0.313 e. The van der Waals surface area contributed by atoms with E-state index in [1.807, 2.05) is 0 Å². The summed E-state index contributed by atoms with van der Waals surface area (Å²) in [6.45, 7) is 5.74. The highest BCUT2D eigenvalue weighted by Gasteiger charge is 2.40. The van der Waals surface area contributed by atoms with Gasteiger partial charge in [0, 0.05) is 11.5 Å². The van der Waals surface area contributed by atoms with Gasteiger partial charge in [-0.2, -0.15) is 0 Å². The zero-order chi connectivity index (χ0) is 14.3. The lowest BCUT2D eigenvalue weighted by Gasteiger charge is -2.45. The van der Waals surface area contributed by atoms with Crippen molar-refractivity contribution in [2.45, 2.75) is 76.7 Å². The molecule has 2 rings (SSSR count). The molecule has 0 saturated heterocycles. The van der Waals surface area contributed by atoms with Crippen molar-refractivity contribution < 1.29 is 0 Å². The third-order valence-corrected chi connectivity index (χ3v) is 4.98. The van der Waals surface area contributed by atoms with Crippen LogP contribution in [0.15, 0.2) is 30.3 Å². The van der Waals surface area contributed by atoms with Crippen LogP contribution in [0.2, 0.25) is 0 Å². The molecule has 1 aromatic carbocycles. The third-order valence-electron chi connectivity index (χ3n) is 4.98. The van der Waals surface area contributed by atoms with Gasteiger partial charge in [0.2, 0.25) is 0 Å². The minimum Gasteiger partial charge on any atom is -0.313 e. The van der Waals surface area contributed by atoms with E-state index in [0.29, 0.717) is 11.5 Å². The molecule has 1 unspecified atom stereocenters. The van der Waals surface area contributed by atoms with Crippen LogP contribution in [-0.4, -0.2) is 12.6 Å². The molecule has 1 aromatic rings. The first-order valence-corrected chi connectivity index (χ1v) is 8.62. The fourth-order valence-corrected chi connectivity index (χ4v) is 3.97. The summed E-state index contributed by atoms with van der Waals surface area (Å²) in [6, 6.07) is 12.0. The Kier molecular flexibility index (Phi) is 6.09. The second-order valence-electron chi connectivity index (χ2n) is 6.38. The zero-order valence-corrected chi connectivity index (χ0v) is 13.3. The summed E-state index contributed by atoms with van der Waals surface area (Å²) in [5.41, 5.74) is 1.95. The van der Waals surface area contributed by atoms with E-state index < -0.39 is 0 Å². The van der Waals surface area contributed by atoms with Gasteiger partial charge < -0.3 is 5.32 Å². The summed E-state index contributed by atoms with van der Waals surface area (Å²) in [4.78, 5) is 0. The van der Waals surface area contributed by atoms with Gasteiger partial charge >= 0.3 is 0 Å². The van der Waals surface area contributed by atoms with Crippen molar-refractivity contribution in [1.29, 1.82) is 0 Å². The molecular weight excluding hydrogens is 242 g/mol. The summed E-state index contributed by atoms with van der Waals surface area (Å²) >= 11 is 0. The maximum absolute atomic E-state index is 3.88. The highest BCUT2D eigenvalue weighted by atomic mass is 14.9. The minimum atomic E-state index is 0.380. The molecule has 0 bridgehead atoms. The van der Waals surface area contributed by atoms with Crippen LogP contribution in [0.5, 0.6) is 0 Å². The summed E-state index contributed by atoms with van der Waals surface area (Å²) in [6.07, 6.45) is 10.7. The first-order valence-electron chi connectivity index (χ1n) is 8.62. The van der Waals surface area contributed by atoms with E-state index in [-0.39, 0.29) is 0 Å². The predicted molar refractivity (Wildman–Crippen MR) is 88.2 cm³/mol. The Morgan fingerprint density at radius 1 is 1.00 bits per heavy atom. The fourth-order valence-electron chi connectivity index (χ4n) is 3.97. The first-order chi connectivity index (χ1) is 9.83. The Labute approximate surface area is 125 Å². The fraction of sp³-hybridized carbons (Fsp3) is 0.684. The normalized spacial score (nSPS) is 19.7. The van der Waals surface area contributed by atoms with Crippen LogP contribution in [0.1, 0.15) is 70.8 Å². The number of rotatable bonds is 7. The van der Waals surface area contributed by atoms with Crippen molar-refractivity contribution in [2.75, 3.05) is 6.54 Å². The number of hydrogen-bond acceptors (Lipinski definition) is 1. The molecule has 1 N–H and O–H groups in total. The van der Waals surface area contributed by atoms with Gasteiger partial charge in [0.05, 0.1) is 0 Å². The van der Waals surface area contributed by atoms with Crippen molar-refractivity contribution in [2.24, 2.45) is 0 Å².